The van der Waals surface area contributed by atoms with Crippen LogP contribution in [0.1, 0.15) is 46.5 Å². The predicted octanol–water partition coefficient (Wildman–Crippen LogP) is 7.36. The van der Waals surface area contributed by atoms with Crippen molar-refractivity contribution in [2.24, 2.45) is 0 Å². The summed E-state index contributed by atoms with van der Waals surface area (Å²) < 4.78 is 17.0. The minimum atomic E-state index is -4.82. The second-order valence-electron chi connectivity index (χ2n) is 9.61. The smallest absolute Gasteiger partial charge is 0.147 e. The molecule has 0 saturated carbocycles. The molecule has 1 nitrogen and oxygen atoms in total. The molecule has 0 heterocycles. The summed E-state index contributed by atoms with van der Waals surface area (Å²) in [5.74, 6) is 0. The zero-order valence-corrected chi connectivity index (χ0v) is 17.3. The summed E-state index contributed by atoms with van der Waals surface area (Å²) in [6, 6.07) is 0. The minimum absolute atomic E-state index is 0. The molecule has 0 bridgehead atoms. The van der Waals surface area contributed by atoms with E-state index >= 15 is 0 Å². The van der Waals surface area contributed by atoms with Crippen molar-refractivity contribution >= 4 is 24.8 Å². The van der Waals surface area contributed by atoms with E-state index in [-0.39, 0.29) is 29.0 Å². The zero-order valence-electron chi connectivity index (χ0n) is 14.1. The van der Waals surface area contributed by atoms with Gasteiger partial charge in [-0.1, -0.05) is 0 Å². The van der Waals surface area contributed by atoms with Crippen LogP contribution in [0.15, 0.2) is 22.1 Å². The van der Waals surface area contributed by atoms with Crippen molar-refractivity contribution in [1.82, 2.24) is 0 Å². The molecule has 0 amide bonds. The second kappa shape index (κ2) is 5.34. The molecule has 0 fully saturated rings. The number of hydrogen-bond acceptors (Lipinski definition) is 1. The largest absolute Gasteiger partial charge is 0.147 e. The van der Waals surface area contributed by atoms with E-state index in [0.717, 1.165) is 17.6 Å². The first kappa shape index (κ1) is 22.8. The summed E-state index contributed by atoms with van der Waals surface area (Å²) in [5.41, 5.74) is 0. The van der Waals surface area contributed by atoms with Crippen LogP contribution in [-0.4, -0.2) is 0 Å². The van der Waals surface area contributed by atoms with E-state index in [2.05, 4.69) is 54.7 Å². The molecular formula is C16H34Cl2OTi. The molecule has 0 atom stereocenters. The summed E-state index contributed by atoms with van der Waals surface area (Å²) in [6.07, 6.45) is 10.7. The van der Waals surface area contributed by atoms with Crippen molar-refractivity contribution in [3.05, 3.63) is 22.1 Å². The first-order valence-electron chi connectivity index (χ1n) is 7.68. The molecule has 0 aromatic carbocycles. The van der Waals surface area contributed by atoms with Crippen molar-refractivity contribution in [1.29, 1.82) is 0 Å². The van der Waals surface area contributed by atoms with Crippen LogP contribution >= 0.6 is 24.8 Å². The van der Waals surface area contributed by atoms with Gasteiger partial charge in [-0.05, 0) is 0 Å². The minimum Gasteiger partial charge on any atom is -0.147 e. The van der Waals surface area contributed by atoms with Crippen LogP contribution in [-0.2, 0) is 16.0 Å². The van der Waals surface area contributed by atoms with Crippen molar-refractivity contribution < 1.29 is 16.0 Å². The van der Waals surface area contributed by atoms with Gasteiger partial charge in [-0.3, -0.25) is 0 Å². The Morgan fingerprint density at radius 1 is 1.15 bits per heavy atom. The second-order valence-corrected chi connectivity index (χ2v) is 30.9. The Morgan fingerprint density at radius 3 is 2.05 bits per heavy atom. The van der Waals surface area contributed by atoms with E-state index in [0.29, 0.717) is 0 Å². The summed E-state index contributed by atoms with van der Waals surface area (Å²) in [4.78, 5) is 0. The van der Waals surface area contributed by atoms with Crippen LogP contribution in [0.4, 0.5) is 0 Å². The molecule has 0 spiro atoms. The summed E-state index contributed by atoms with van der Waals surface area (Å²) in [7, 11) is 0. The number of unbranched alkanes of at least 4 members (excludes halogenated alkanes) is 2. The summed E-state index contributed by atoms with van der Waals surface area (Å²) in [5, 5.41) is 6.41. The Labute approximate surface area is 133 Å². The molecule has 4 heteroatoms. The van der Waals surface area contributed by atoms with Gasteiger partial charge in [0.2, 0.25) is 0 Å². The van der Waals surface area contributed by atoms with Crippen molar-refractivity contribution in [3.63, 3.8) is 0 Å². The Balaban J connectivity index is 0. The van der Waals surface area contributed by atoms with Gasteiger partial charge in [0.1, 0.15) is 0 Å². The van der Waals surface area contributed by atoms with E-state index in [9.17, 15) is 3.32 Å². The molecule has 0 aromatic heterocycles. The Bertz CT molecular complexity index is 518. The Kier molecular flexibility index (Phi) is 6.10. The summed E-state index contributed by atoms with van der Waals surface area (Å²) in [6.45, 7) is 6.53. The zero-order chi connectivity index (χ0) is 14.2. The van der Waals surface area contributed by atoms with E-state index in [1.807, 2.05) is 0 Å². The summed E-state index contributed by atoms with van der Waals surface area (Å²) >= 11 is -4.82. The third kappa shape index (κ3) is 3.48. The van der Waals surface area contributed by atoms with Crippen LogP contribution in [0.3, 0.4) is 0 Å². The molecular weight excluding hydrogens is 327 g/mol. The van der Waals surface area contributed by atoms with Crippen LogP contribution in [0, 0.1) is 0 Å². The van der Waals surface area contributed by atoms with Crippen LogP contribution in [0.25, 0.3) is 0 Å². The van der Waals surface area contributed by atoms with Crippen molar-refractivity contribution in [3.8, 4) is 0 Å². The van der Waals surface area contributed by atoms with Crippen molar-refractivity contribution in [2.45, 2.75) is 71.1 Å². The topological polar surface area (TPSA) is 17.1 Å². The number of rotatable bonds is 6. The molecule has 1 aliphatic rings. The maximum atomic E-state index is 14.7. The van der Waals surface area contributed by atoms with Gasteiger partial charge in [0, 0.05) is 0 Å². The van der Waals surface area contributed by atoms with Gasteiger partial charge in [0.25, 0.3) is 0 Å². The molecule has 0 aromatic rings. The van der Waals surface area contributed by atoms with E-state index in [1.165, 1.54) is 16.7 Å². The number of hydrogen-bond donors (Lipinski definition) is 0. The van der Waals surface area contributed by atoms with Gasteiger partial charge >= 0.3 is 109 Å². The van der Waals surface area contributed by atoms with Crippen LogP contribution < -0.4 is 0 Å². The molecule has 0 N–H and O–H groups in total. The normalized spacial score (nSPS) is 19.9. The van der Waals surface area contributed by atoms with Gasteiger partial charge in [-0.25, -0.2) is 0 Å². The maximum Gasteiger partial charge on any atom is -0.147 e. The maximum absolute atomic E-state index is 14.7. The number of halogens is 2. The Hall–Kier alpha value is 0.574. The molecule has 0 saturated heterocycles. The first-order valence-corrected chi connectivity index (χ1v) is 15.8. The van der Waals surface area contributed by atoms with E-state index < -0.39 is 12.7 Å². The molecule has 0 radical (unpaired) electrons. The molecule has 0 aliphatic heterocycles. The van der Waals surface area contributed by atoms with Gasteiger partial charge in [-0.2, -0.15) is 0 Å². The van der Waals surface area contributed by atoms with Crippen molar-refractivity contribution in [2.75, 3.05) is 0 Å². The Morgan fingerprint density at radius 2 is 1.70 bits per heavy atom. The van der Waals surface area contributed by atoms with E-state index in [1.54, 1.807) is 0 Å². The van der Waals surface area contributed by atoms with Gasteiger partial charge < -0.3 is 0 Å². The van der Waals surface area contributed by atoms with Crippen LogP contribution in [0.5, 0.6) is 0 Å². The van der Waals surface area contributed by atoms with E-state index in [4.69, 9.17) is 0 Å². The molecule has 20 heavy (non-hydrogen) atoms. The van der Waals surface area contributed by atoms with Gasteiger partial charge in [0.05, 0.1) is 0 Å². The number of allylic oxidation sites excluding steroid dienone is 4. The van der Waals surface area contributed by atoms with Gasteiger partial charge in [-0.15, -0.1) is 24.8 Å². The predicted molar refractivity (Wildman–Crippen MR) is 94.0 cm³/mol. The fourth-order valence-corrected chi connectivity index (χ4v) is 11.8. The monoisotopic (exact) mass is 360 g/mol. The average Bonchev–Trinajstić information content (AvgIpc) is 2.71. The third-order valence-electron chi connectivity index (χ3n) is 6.84. The van der Waals surface area contributed by atoms with Gasteiger partial charge in [0.15, 0.2) is 0 Å². The molecule has 0 unspecified atom stereocenters. The SMILES string of the molecule is CCCC[CH2][Ti]([CH3])([CH3])([CH3])(=[O])([C]1=CC=CC1)[CH](C)C.Cl.Cl. The standard InChI is InChI=1S/C5H5.C5H11.C3H7.3CH3.2ClH.O.Ti/c1-2-4-5-3-1;1-3-5-4-2;1-3-2;;;;;;;/h1-3H,4H2;1,3-5H2,2H3;3H,1-2H3;3*1H3;2*1H;;. The first-order chi connectivity index (χ1) is 7.89. The quantitative estimate of drug-likeness (QED) is 0.357. The molecule has 1 aliphatic carbocycles. The third-order valence-corrected chi connectivity index (χ3v) is 24.5. The fraction of sp³-hybridized carbons (Fsp3) is 0.750. The van der Waals surface area contributed by atoms with Crippen LogP contribution in [0.2, 0.25) is 24.6 Å². The fourth-order valence-electron chi connectivity index (χ4n) is 3.31. The molecule has 1 rings (SSSR count). The molecule has 122 valence electrons. The average molecular weight is 361 g/mol.